The molecule has 0 aromatic heterocycles. The second kappa shape index (κ2) is 7.44. The molecule has 0 saturated heterocycles. The van der Waals surface area contributed by atoms with Crippen LogP contribution in [-0.2, 0) is 0 Å². The van der Waals surface area contributed by atoms with Crippen molar-refractivity contribution < 1.29 is 14.4 Å². The Bertz CT molecular complexity index is 1010. The Labute approximate surface area is 170 Å². The van der Waals surface area contributed by atoms with E-state index in [4.69, 9.17) is 5.73 Å². The van der Waals surface area contributed by atoms with Crippen molar-refractivity contribution in [2.24, 2.45) is 5.73 Å². The molecule has 150 valence electrons. The number of fused-ring (bicyclic) bond motifs is 1. The van der Waals surface area contributed by atoms with Gasteiger partial charge in [0.2, 0.25) is 0 Å². The van der Waals surface area contributed by atoms with Crippen LogP contribution in [0.15, 0.2) is 36.4 Å². The molecule has 29 heavy (non-hydrogen) atoms. The third kappa shape index (κ3) is 3.56. The van der Waals surface area contributed by atoms with Crippen LogP contribution >= 0.6 is 0 Å². The van der Waals surface area contributed by atoms with Gasteiger partial charge in [-0.2, -0.15) is 0 Å². The first-order valence-corrected chi connectivity index (χ1v) is 10.0. The fourth-order valence-corrected chi connectivity index (χ4v) is 4.09. The van der Waals surface area contributed by atoms with E-state index in [1.807, 2.05) is 32.0 Å². The minimum Gasteiger partial charge on any atom is -0.349 e. The predicted molar refractivity (Wildman–Crippen MR) is 111 cm³/mol. The number of carbonyl (C=O) groups is 3. The number of amides is 3. The quantitative estimate of drug-likeness (QED) is 0.787. The maximum absolute atomic E-state index is 13.0. The van der Waals surface area contributed by atoms with Gasteiger partial charge < -0.3 is 11.1 Å². The van der Waals surface area contributed by atoms with E-state index in [0.717, 1.165) is 36.8 Å². The number of hydrogen-bond donors (Lipinski definition) is 2. The van der Waals surface area contributed by atoms with Crippen LogP contribution in [0.4, 0.5) is 5.69 Å². The van der Waals surface area contributed by atoms with Gasteiger partial charge in [0.25, 0.3) is 17.7 Å². The summed E-state index contributed by atoms with van der Waals surface area (Å²) < 4.78 is 0. The van der Waals surface area contributed by atoms with Gasteiger partial charge in [-0.1, -0.05) is 12.1 Å². The second-order valence-electron chi connectivity index (χ2n) is 8.08. The van der Waals surface area contributed by atoms with E-state index in [2.05, 4.69) is 5.32 Å². The third-order valence-electron chi connectivity index (χ3n) is 5.86. The number of rotatable bonds is 3. The topological polar surface area (TPSA) is 92.5 Å². The molecule has 3 N–H and O–H groups in total. The molecule has 0 unspecified atom stereocenters. The Morgan fingerprint density at radius 1 is 0.966 bits per heavy atom. The van der Waals surface area contributed by atoms with Crippen LogP contribution in [0.1, 0.15) is 67.9 Å². The van der Waals surface area contributed by atoms with E-state index < -0.39 is 5.91 Å². The third-order valence-corrected chi connectivity index (χ3v) is 5.86. The molecule has 1 saturated carbocycles. The van der Waals surface area contributed by atoms with Gasteiger partial charge in [0.1, 0.15) is 0 Å². The SMILES string of the molecule is Cc1ccc(C)c(N2C(=O)c3ccc(C(=O)NC4CCC(N)CC4)cc3C2=O)c1. The van der Waals surface area contributed by atoms with Crippen molar-refractivity contribution >= 4 is 23.4 Å². The fraction of sp³-hybridized carbons (Fsp3) is 0.348. The molecule has 2 aliphatic rings. The van der Waals surface area contributed by atoms with Crippen molar-refractivity contribution in [3.8, 4) is 0 Å². The molecule has 6 heteroatoms. The van der Waals surface area contributed by atoms with Crippen molar-refractivity contribution in [2.75, 3.05) is 4.90 Å². The summed E-state index contributed by atoms with van der Waals surface area (Å²) in [6.07, 6.45) is 3.51. The van der Waals surface area contributed by atoms with Crippen LogP contribution in [-0.4, -0.2) is 29.8 Å². The highest BCUT2D eigenvalue weighted by molar-refractivity contribution is 6.35. The largest absolute Gasteiger partial charge is 0.349 e. The number of nitrogens with one attached hydrogen (secondary N) is 1. The van der Waals surface area contributed by atoms with Crippen molar-refractivity contribution in [2.45, 2.75) is 51.6 Å². The Morgan fingerprint density at radius 3 is 2.38 bits per heavy atom. The van der Waals surface area contributed by atoms with Crippen LogP contribution < -0.4 is 16.0 Å². The van der Waals surface area contributed by atoms with E-state index in [1.54, 1.807) is 12.1 Å². The number of anilines is 1. The number of aryl methyl sites for hydroxylation is 2. The molecule has 1 aliphatic carbocycles. The number of carbonyl (C=O) groups excluding carboxylic acids is 3. The second-order valence-corrected chi connectivity index (χ2v) is 8.08. The van der Waals surface area contributed by atoms with Crippen LogP contribution in [0.3, 0.4) is 0 Å². The number of benzene rings is 2. The highest BCUT2D eigenvalue weighted by Gasteiger charge is 2.38. The molecular weight excluding hydrogens is 366 g/mol. The van der Waals surface area contributed by atoms with Crippen molar-refractivity contribution in [3.05, 3.63) is 64.2 Å². The van der Waals surface area contributed by atoms with E-state index in [1.165, 1.54) is 11.0 Å². The summed E-state index contributed by atoms with van der Waals surface area (Å²) in [7, 11) is 0. The van der Waals surface area contributed by atoms with Crippen LogP contribution in [0.2, 0.25) is 0 Å². The number of nitrogens with two attached hydrogens (primary N) is 1. The fourth-order valence-electron chi connectivity index (χ4n) is 4.09. The summed E-state index contributed by atoms with van der Waals surface area (Å²) in [6.45, 7) is 3.79. The molecule has 2 aromatic rings. The first kappa shape index (κ1) is 19.3. The van der Waals surface area contributed by atoms with Crippen molar-refractivity contribution in [3.63, 3.8) is 0 Å². The van der Waals surface area contributed by atoms with Gasteiger partial charge in [-0.15, -0.1) is 0 Å². The zero-order chi connectivity index (χ0) is 20.7. The Hall–Kier alpha value is -2.99. The van der Waals surface area contributed by atoms with Crippen LogP contribution in [0, 0.1) is 13.8 Å². The van der Waals surface area contributed by atoms with Crippen molar-refractivity contribution in [1.29, 1.82) is 0 Å². The molecule has 2 aromatic carbocycles. The number of imide groups is 1. The zero-order valence-corrected chi connectivity index (χ0v) is 16.7. The summed E-state index contributed by atoms with van der Waals surface area (Å²) in [4.78, 5) is 39.8. The lowest BCUT2D eigenvalue weighted by Crippen LogP contribution is -2.40. The van der Waals surface area contributed by atoms with Gasteiger partial charge in [0, 0.05) is 17.6 Å². The molecule has 4 rings (SSSR count). The highest BCUT2D eigenvalue weighted by atomic mass is 16.2. The Balaban J connectivity index is 1.58. The number of nitrogens with zero attached hydrogens (tertiary/aromatic N) is 1. The predicted octanol–water partition coefficient (Wildman–Crippen LogP) is 3.10. The molecule has 1 fully saturated rings. The smallest absolute Gasteiger partial charge is 0.266 e. The monoisotopic (exact) mass is 391 g/mol. The normalized spacial score (nSPS) is 21.3. The maximum Gasteiger partial charge on any atom is 0.266 e. The first-order valence-electron chi connectivity index (χ1n) is 10.0. The van der Waals surface area contributed by atoms with E-state index >= 15 is 0 Å². The average molecular weight is 391 g/mol. The Morgan fingerprint density at radius 2 is 1.66 bits per heavy atom. The zero-order valence-electron chi connectivity index (χ0n) is 16.7. The standard InChI is InChI=1S/C23H25N3O3/c1-13-3-4-14(2)20(11-13)26-22(28)18-10-5-15(12-19(18)23(26)29)21(27)25-17-8-6-16(24)7-9-17/h3-5,10-12,16-17H,6-9,24H2,1-2H3,(H,25,27). The lowest BCUT2D eigenvalue weighted by Gasteiger charge is -2.26. The molecule has 0 radical (unpaired) electrons. The van der Waals surface area contributed by atoms with Gasteiger partial charge in [-0.25, -0.2) is 4.90 Å². The molecule has 0 atom stereocenters. The van der Waals surface area contributed by atoms with Gasteiger partial charge in [-0.3, -0.25) is 14.4 Å². The number of hydrogen-bond acceptors (Lipinski definition) is 4. The van der Waals surface area contributed by atoms with E-state index in [0.29, 0.717) is 16.8 Å². The summed E-state index contributed by atoms with van der Waals surface area (Å²) >= 11 is 0. The maximum atomic E-state index is 13.0. The molecule has 3 amide bonds. The minimum atomic E-state index is -0.392. The molecule has 1 aliphatic heterocycles. The van der Waals surface area contributed by atoms with E-state index in [9.17, 15) is 14.4 Å². The summed E-state index contributed by atoms with van der Waals surface area (Å²) in [6, 6.07) is 10.7. The molecular formula is C23H25N3O3. The highest BCUT2D eigenvalue weighted by Crippen LogP contribution is 2.32. The minimum absolute atomic E-state index is 0.0966. The molecule has 0 spiro atoms. The Kier molecular flexibility index (Phi) is 4.96. The summed E-state index contributed by atoms with van der Waals surface area (Å²) in [5, 5.41) is 3.03. The lowest BCUT2D eigenvalue weighted by molar-refractivity contribution is 0.0917. The summed E-state index contributed by atoms with van der Waals surface area (Å²) in [5.74, 6) is -0.970. The molecule has 1 heterocycles. The van der Waals surface area contributed by atoms with Gasteiger partial charge in [-0.05, 0) is 74.9 Å². The van der Waals surface area contributed by atoms with Gasteiger partial charge in [0.05, 0.1) is 16.8 Å². The molecule has 6 nitrogen and oxygen atoms in total. The van der Waals surface area contributed by atoms with E-state index in [-0.39, 0.29) is 29.5 Å². The summed E-state index contributed by atoms with van der Waals surface area (Å²) in [5.41, 5.74) is 9.31. The van der Waals surface area contributed by atoms with Crippen LogP contribution in [0.25, 0.3) is 0 Å². The van der Waals surface area contributed by atoms with Crippen molar-refractivity contribution in [1.82, 2.24) is 5.32 Å². The molecule has 0 bridgehead atoms. The van der Waals surface area contributed by atoms with Gasteiger partial charge >= 0.3 is 0 Å². The first-order chi connectivity index (χ1) is 13.8. The van der Waals surface area contributed by atoms with Crippen LogP contribution in [0.5, 0.6) is 0 Å². The van der Waals surface area contributed by atoms with Gasteiger partial charge in [0.15, 0.2) is 0 Å². The average Bonchev–Trinajstić information content (AvgIpc) is 2.95. The lowest BCUT2D eigenvalue weighted by atomic mass is 9.91.